The highest BCUT2D eigenvalue weighted by Crippen LogP contribution is 2.36. The van der Waals surface area contributed by atoms with E-state index in [-0.39, 0.29) is 0 Å². The van der Waals surface area contributed by atoms with E-state index >= 15 is 0 Å². The van der Waals surface area contributed by atoms with Crippen LogP contribution in [-0.2, 0) is 0 Å². The van der Waals surface area contributed by atoms with Crippen LogP contribution in [0.5, 0.6) is 0 Å². The Bertz CT molecular complexity index is 341. The van der Waals surface area contributed by atoms with Crippen molar-refractivity contribution in [3.05, 3.63) is 35.4 Å². The molecule has 100 valence electrons. The van der Waals surface area contributed by atoms with Gasteiger partial charge in [0.05, 0.1) is 0 Å². The zero-order valence-electron chi connectivity index (χ0n) is 11.4. The second-order valence-electron chi connectivity index (χ2n) is 5.51. The summed E-state index contributed by atoms with van der Waals surface area (Å²) in [5.74, 6) is 0.764. The summed E-state index contributed by atoms with van der Waals surface area (Å²) in [6, 6.07) is 9.69. The van der Waals surface area contributed by atoms with Gasteiger partial charge in [-0.15, -0.1) is 0 Å². The SMILES string of the molecule is Cc1ccc(C2CC(NCCCCCO)C2)cc1. The van der Waals surface area contributed by atoms with Crippen LogP contribution in [0, 0.1) is 6.92 Å². The number of hydrogen-bond acceptors (Lipinski definition) is 2. The maximum Gasteiger partial charge on any atom is 0.0431 e. The van der Waals surface area contributed by atoms with Crippen molar-refractivity contribution in [2.45, 2.75) is 51.0 Å². The number of aryl methyl sites for hydroxylation is 1. The molecule has 0 aliphatic heterocycles. The molecular weight excluding hydrogens is 222 g/mol. The highest BCUT2D eigenvalue weighted by atomic mass is 16.2. The minimum atomic E-state index is 0.332. The van der Waals surface area contributed by atoms with Crippen molar-refractivity contribution in [1.82, 2.24) is 5.32 Å². The first-order valence-corrected chi connectivity index (χ1v) is 7.20. The van der Waals surface area contributed by atoms with E-state index in [0.717, 1.165) is 25.3 Å². The Hall–Kier alpha value is -0.860. The molecule has 2 N–H and O–H groups in total. The van der Waals surface area contributed by atoms with Gasteiger partial charge in [-0.25, -0.2) is 0 Å². The number of benzene rings is 1. The first-order chi connectivity index (χ1) is 8.79. The molecular formula is C16H25NO. The Morgan fingerprint density at radius 1 is 1.11 bits per heavy atom. The molecule has 1 aromatic carbocycles. The Balaban J connectivity index is 1.60. The number of rotatable bonds is 7. The molecule has 2 nitrogen and oxygen atoms in total. The monoisotopic (exact) mass is 247 g/mol. The van der Waals surface area contributed by atoms with Crippen molar-refractivity contribution in [3.8, 4) is 0 Å². The molecule has 0 unspecified atom stereocenters. The van der Waals surface area contributed by atoms with E-state index in [0.29, 0.717) is 12.6 Å². The van der Waals surface area contributed by atoms with Gasteiger partial charge in [0.25, 0.3) is 0 Å². The zero-order valence-corrected chi connectivity index (χ0v) is 11.4. The van der Waals surface area contributed by atoms with E-state index in [2.05, 4.69) is 36.5 Å². The summed E-state index contributed by atoms with van der Waals surface area (Å²) in [4.78, 5) is 0. The van der Waals surface area contributed by atoms with Crippen LogP contribution in [0.15, 0.2) is 24.3 Å². The first kappa shape index (κ1) is 13.6. The average Bonchev–Trinajstić information content (AvgIpc) is 2.33. The van der Waals surface area contributed by atoms with Crippen LogP contribution in [0.25, 0.3) is 0 Å². The standard InChI is InChI=1S/C16H25NO/c1-13-5-7-14(8-6-13)15-11-16(12-15)17-9-3-2-4-10-18/h5-8,15-18H,2-4,9-12H2,1H3. The van der Waals surface area contributed by atoms with Gasteiger partial charge in [-0.3, -0.25) is 0 Å². The quantitative estimate of drug-likeness (QED) is 0.726. The normalized spacial score (nSPS) is 22.8. The molecule has 0 radical (unpaired) electrons. The van der Waals surface area contributed by atoms with E-state index in [4.69, 9.17) is 5.11 Å². The predicted molar refractivity (Wildman–Crippen MR) is 75.9 cm³/mol. The van der Waals surface area contributed by atoms with Gasteiger partial charge in [0.1, 0.15) is 0 Å². The van der Waals surface area contributed by atoms with Crippen molar-refractivity contribution < 1.29 is 5.11 Å². The van der Waals surface area contributed by atoms with Crippen molar-refractivity contribution in [2.75, 3.05) is 13.2 Å². The minimum absolute atomic E-state index is 0.332. The predicted octanol–water partition coefficient (Wildman–Crippen LogP) is 2.99. The van der Waals surface area contributed by atoms with E-state index in [1.165, 1.54) is 30.4 Å². The summed E-state index contributed by atoms with van der Waals surface area (Å²) >= 11 is 0. The number of hydrogen-bond donors (Lipinski definition) is 2. The van der Waals surface area contributed by atoms with Gasteiger partial charge in [0.15, 0.2) is 0 Å². The van der Waals surface area contributed by atoms with E-state index in [1.54, 1.807) is 0 Å². The third-order valence-electron chi connectivity index (χ3n) is 3.95. The molecule has 18 heavy (non-hydrogen) atoms. The van der Waals surface area contributed by atoms with Gasteiger partial charge < -0.3 is 10.4 Å². The van der Waals surface area contributed by atoms with Crippen LogP contribution in [0.4, 0.5) is 0 Å². The molecule has 0 aromatic heterocycles. The number of unbranched alkanes of at least 4 members (excludes halogenated alkanes) is 2. The van der Waals surface area contributed by atoms with Crippen molar-refractivity contribution in [1.29, 1.82) is 0 Å². The topological polar surface area (TPSA) is 32.3 Å². The maximum absolute atomic E-state index is 8.69. The van der Waals surface area contributed by atoms with Gasteiger partial charge in [-0.2, -0.15) is 0 Å². The summed E-state index contributed by atoms with van der Waals surface area (Å²) in [7, 11) is 0. The lowest BCUT2D eigenvalue weighted by atomic mass is 9.76. The summed E-state index contributed by atoms with van der Waals surface area (Å²) in [6.07, 6.45) is 5.83. The molecule has 0 spiro atoms. The largest absolute Gasteiger partial charge is 0.396 e. The van der Waals surface area contributed by atoms with Gasteiger partial charge in [-0.1, -0.05) is 29.8 Å². The highest BCUT2D eigenvalue weighted by Gasteiger charge is 2.29. The van der Waals surface area contributed by atoms with E-state index < -0.39 is 0 Å². The summed E-state index contributed by atoms with van der Waals surface area (Å²) in [5, 5.41) is 12.3. The van der Waals surface area contributed by atoms with Crippen LogP contribution < -0.4 is 5.32 Å². The smallest absolute Gasteiger partial charge is 0.0431 e. The van der Waals surface area contributed by atoms with Gasteiger partial charge >= 0.3 is 0 Å². The third kappa shape index (κ3) is 3.82. The molecule has 1 fully saturated rings. The molecule has 2 heteroatoms. The molecule has 0 bridgehead atoms. The number of nitrogens with one attached hydrogen (secondary N) is 1. The fourth-order valence-corrected chi connectivity index (χ4v) is 2.62. The van der Waals surface area contributed by atoms with Crippen LogP contribution in [0.3, 0.4) is 0 Å². The van der Waals surface area contributed by atoms with Gasteiger partial charge in [0.2, 0.25) is 0 Å². The highest BCUT2D eigenvalue weighted by molar-refractivity contribution is 5.26. The number of aliphatic hydroxyl groups is 1. The zero-order chi connectivity index (χ0) is 12.8. The lowest BCUT2D eigenvalue weighted by Gasteiger charge is -2.36. The van der Waals surface area contributed by atoms with Gasteiger partial charge in [-0.05, 0) is 57.1 Å². The molecule has 0 saturated heterocycles. The summed E-state index contributed by atoms with van der Waals surface area (Å²) in [5.41, 5.74) is 2.84. The Morgan fingerprint density at radius 2 is 1.83 bits per heavy atom. The average molecular weight is 247 g/mol. The van der Waals surface area contributed by atoms with Crippen molar-refractivity contribution in [2.24, 2.45) is 0 Å². The third-order valence-corrected chi connectivity index (χ3v) is 3.95. The Morgan fingerprint density at radius 3 is 2.50 bits per heavy atom. The fourth-order valence-electron chi connectivity index (χ4n) is 2.62. The molecule has 0 amide bonds. The number of aliphatic hydroxyl groups excluding tert-OH is 1. The Kier molecular flexibility index (Phi) is 5.21. The van der Waals surface area contributed by atoms with Crippen LogP contribution >= 0.6 is 0 Å². The van der Waals surface area contributed by atoms with Gasteiger partial charge in [0, 0.05) is 12.6 Å². The summed E-state index contributed by atoms with van der Waals surface area (Å²) < 4.78 is 0. The molecule has 1 saturated carbocycles. The second-order valence-corrected chi connectivity index (χ2v) is 5.51. The molecule has 0 atom stereocenters. The van der Waals surface area contributed by atoms with Crippen molar-refractivity contribution >= 4 is 0 Å². The second kappa shape index (κ2) is 6.91. The van der Waals surface area contributed by atoms with E-state index in [9.17, 15) is 0 Å². The fraction of sp³-hybridized carbons (Fsp3) is 0.625. The first-order valence-electron chi connectivity index (χ1n) is 7.20. The molecule has 1 aliphatic rings. The van der Waals surface area contributed by atoms with Crippen LogP contribution in [0.2, 0.25) is 0 Å². The van der Waals surface area contributed by atoms with E-state index in [1.807, 2.05) is 0 Å². The van der Waals surface area contributed by atoms with Crippen LogP contribution in [-0.4, -0.2) is 24.3 Å². The minimum Gasteiger partial charge on any atom is -0.396 e. The summed E-state index contributed by atoms with van der Waals surface area (Å²) in [6.45, 7) is 3.57. The maximum atomic E-state index is 8.69. The van der Waals surface area contributed by atoms with Crippen molar-refractivity contribution in [3.63, 3.8) is 0 Å². The lowest BCUT2D eigenvalue weighted by molar-refractivity contribution is 0.273. The molecule has 1 aromatic rings. The molecule has 1 aliphatic carbocycles. The Labute approximate surface area is 110 Å². The lowest BCUT2D eigenvalue weighted by Crippen LogP contribution is -2.40. The molecule has 0 heterocycles. The van der Waals surface area contributed by atoms with Crippen LogP contribution in [0.1, 0.15) is 49.1 Å². The molecule has 2 rings (SSSR count).